The van der Waals surface area contributed by atoms with Gasteiger partial charge in [-0.3, -0.25) is 0 Å². The first-order valence-electron chi connectivity index (χ1n) is 4.57. The van der Waals surface area contributed by atoms with Crippen molar-refractivity contribution in [2.75, 3.05) is 6.61 Å². The number of phenols is 1. The molecule has 0 aliphatic carbocycles. The standard InChI is InChI=1S/C10H14N2O3/c1-2-15-6-7-4-3-5-8(9(7)13)10(11)12-14/h3-5,13-14H,2,6H2,1H3,(H2,11,12). The number of phenolic OH excluding ortho intramolecular Hbond substituents is 1. The largest absolute Gasteiger partial charge is 0.507 e. The molecule has 5 heteroatoms. The van der Waals surface area contributed by atoms with Crippen LogP contribution in [0.25, 0.3) is 0 Å². The van der Waals surface area contributed by atoms with Crippen LogP contribution < -0.4 is 5.73 Å². The Morgan fingerprint density at radius 1 is 1.53 bits per heavy atom. The molecule has 4 N–H and O–H groups in total. The summed E-state index contributed by atoms with van der Waals surface area (Å²) in [7, 11) is 0. The van der Waals surface area contributed by atoms with Crippen molar-refractivity contribution in [3.8, 4) is 5.75 Å². The van der Waals surface area contributed by atoms with Crippen molar-refractivity contribution in [3.05, 3.63) is 29.3 Å². The molecule has 1 aromatic rings. The van der Waals surface area contributed by atoms with Gasteiger partial charge in [0.1, 0.15) is 5.75 Å². The molecule has 5 nitrogen and oxygen atoms in total. The zero-order valence-corrected chi connectivity index (χ0v) is 8.47. The molecule has 0 aliphatic heterocycles. The summed E-state index contributed by atoms with van der Waals surface area (Å²) in [4.78, 5) is 0. The molecule has 0 saturated heterocycles. The van der Waals surface area contributed by atoms with E-state index in [4.69, 9.17) is 15.7 Å². The third-order valence-electron chi connectivity index (χ3n) is 1.96. The van der Waals surface area contributed by atoms with E-state index in [9.17, 15) is 5.11 Å². The summed E-state index contributed by atoms with van der Waals surface area (Å²) < 4.78 is 5.17. The molecule has 82 valence electrons. The number of hydrogen-bond acceptors (Lipinski definition) is 4. The number of oxime groups is 1. The summed E-state index contributed by atoms with van der Waals surface area (Å²) in [6.45, 7) is 2.73. The van der Waals surface area contributed by atoms with Gasteiger partial charge in [-0.1, -0.05) is 17.3 Å². The summed E-state index contributed by atoms with van der Waals surface area (Å²) in [6, 6.07) is 5.00. The Bertz CT molecular complexity index is 364. The summed E-state index contributed by atoms with van der Waals surface area (Å²) in [6.07, 6.45) is 0. The number of para-hydroxylation sites is 1. The second-order valence-electron chi connectivity index (χ2n) is 2.94. The molecule has 0 amide bonds. The first kappa shape index (κ1) is 11.3. The smallest absolute Gasteiger partial charge is 0.173 e. The summed E-state index contributed by atoms with van der Waals surface area (Å²) in [5, 5.41) is 21.1. The maximum Gasteiger partial charge on any atom is 0.173 e. The van der Waals surface area contributed by atoms with Crippen LogP contribution in [0, 0.1) is 0 Å². The summed E-state index contributed by atoms with van der Waals surface area (Å²) in [5.74, 6) is -0.132. The highest BCUT2D eigenvalue weighted by molar-refractivity contribution is 5.99. The predicted octanol–water partition coefficient (Wildman–Crippen LogP) is 1.02. The Hall–Kier alpha value is -1.75. The number of aromatic hydroxyl groups is 1. The zero-order chi connectivity index (χ0) is 11.3. The van der Waals surface area contributed by atoms with Gasteiger partial charge in [-0.05, 0) is 13.0 Å². The number of nitrogens with two attached hydrogens (primary N) is 1. The normalized spacial score (nSPS) is 11.7. The number of nitrogens with zero attached hydrogens (tertiary/aromatic N) is 1. The second kappa shape index (κ2) is 5.21. The average molecular weight is 210 g/mol. The fourth-order valence-electron chi connectivity index (χ4n) is 1.18. The maximum atomic E-state index is 9.77. The van der Waals surface area contributed by atoms with Crippen LogP contribution in [-0.2, 0) is 11.3 Å². The quantitative estimate of drug-likeness (QED) is 0.299. The highest BCUT2D eigenvalue weighted by atomic mass is 16.5. The number of hydrogen-bond donors (Lipinski definition) is 3. The van der Waals surface area contributed by atoms with E-state index >= 15 is 0 Å². The van der Waals surface area contributed by atoms with Crippen LogP contribution in [-0.4, -0.2) is 22.8 Å². The second-order valence-corrected chi connectivity index (χ2v) is 2.94. The fourth-order valence-corrected chi connectivity index (χ4v) is 1.18. The van der Waals surface area contributed by atoms with Gasteiger partial charge in [-0.15, -0.1) is 0 Å². The van der Waals surface area contributed by atoms with Crippen LogP contribution in [0.2, 0.25) is 0 Å². The van der Waals surface area contributed by atoms with Gasteiger partial charge >= 0.3 is 0 Å². The monoisotopic (exact) mass is 210 g/mol. The van der Waals surface area contributed by atoms with E-state index in [0.29, 0.717) is 24.3 Å². The van der Waals surface area contributed by atoms with E-state index in [1.165, 1.54) is 0 Å². The molecule has 0 bridgehead atoms. The fraction of sp³-hybridized carbons (Fsp3) is 0.300. The predicted molar refractivity (Wildman–Crippen MR) is 55.9 cm³/mol. The minimum Gasteiger partial charge on any atom is -0.507 e. The van der Waals surface area contributed by atoms with Crippen molar-refractivity contribution >= 4 is 5.84 Å². The Labute approximate surface area is 87.8 Å². The molecule has 0 aliphatic rings. The van der Waals surface area contributed by atoms with Crippen LogP contribution in [0.15, 0.2) is 23.4 Å². The molecular formula is C10H14N2O3. The Morgan fingerprint density at radius 3 is 2.87 bits per heavy atom. The van der Waals surface area contributed by atoms with Crippen LogP contribution >= 0.6 is 0 Å². The molecule has 0 aromatic heterocycles. The third-order valence-corrected chi connectivity index (χ3v) is 1.96. The van der Waals surface area contributed by atoms with Gasteiger partial charge in [0, 0.05) is 12.2 Å². The van der Waals surface area contributed by atoms with Gasteiger partial charge in [0.15, 0.2) is 5.84 Å². The number of benzene rings is 1. The van der Waals surface area contributed by atoms with Gasteiger partial charge in [-0.25, -0.2) is 0 Å². The molecule has 1 rings (SSSR count). The van der Waals surface area contributed by atoms with Crippen molar-refractivity contribution < 1.29 is 15.1 Å². The minimum atomic E-state index is -0.120. The average Bonchev–Trinajstić information content (AvgIpc) is 2.27. The molecule has 0 spiro atoms. The minimum absolute atomic E-state index is 0.0127. The topological polar surface area (TPSA) is 88.1 Å². The van der Waals surface area contributed by atoms with Gasteiger partial charge in [0.2, 0.25) is 0 Å². The molecule has 0 radical (unpaired) electrons. The number of ether oxygens (including phenoxy) is 1. The number of rotatable bonds is 4. The molecule has 1 aromatic carbocycles. The molecule has 0 heterocycles. The summed E-state index contributed by atoms with van der Waals surface area (Å²) >= 11 is 0. The van der Waals surface area contributed by atoms with Crippen molar-refractivity contribution in [2.45, 2.75) is 13.5 Å². The molecule has 0 atom stereocenters. The Balaban J connectivity index is 3.00. The molecule has 0 saturated carbocycles. The van der Waals surface area contributed by atoms with Crippen molar-refractivity contribution in [1.82, 2.24) is 0 Å². The van der Waals surface area contributed by atoms with Gasteiger partial charge in [0.25, 0.3) is 0 Å². The Kier molecular flexibility index (Phi) is 3.93. The lowest BCUT2D eigenvalue weighted by Gasteiger charge is -2.08. The summed E-state index contributed by atoms with van der Waals surface area (Å²) in [5.41, 5.74) is 6.30. The lowest BCUT2D eigenvalue weighted by Crippen LogP contribution is -2.13. The highest BCUT2D eigenvalue weighted by Crippen LogP contribution is 2.22. The van der Waals surface area contributed by atoms with Gasteiger partial charge in [0.05, 0.1) is 12.2 Å². The van der Waals surface area contributed by atoms with E-state index in [2.05, 4.69) is 5.16 Å². The molecule has 15 heavy (non-hydrogen) atoms. The van der Waals surface area contributed by atoms with Crippen LogP contribution in [0.4, 0.5) is 0 Å². The zero-order valence-electron chi connectivity index (χ0n) is 8.47. The van der Waals surface area contributed by atoms with E-state index in [-0.39, 0.29) is 11.6 Å². The highest BCUT2D eigenvalue weighted by Gasteiger charge is 2.10. The van der Waals surface area contributed by atoms with Crippen molar-refractivity contribution in [3.63, 3.8) is 0 Å². The van der Waals surface area contributed by atoms with Crippen molar-refractivity contribution in [1.29, 1.82) is 0 Å². The number of amidine groups is 1. The van der Waals surface area contributed by atoms with Crippen molar-refractivity contribution in [2.24, 2.45) is 10.9 Å². The van der Waals surface area contributed by atoms with E-state index in [1.807, 2.05) is 6.92 Å². The Morgan fingerprint density at radius 2 is 2.27 bits per heavy atom. The molecular weight excluding hydrogens is 196 g/mol. The first-order chi connectivity index (χ1) is 7.20. The molecule has 0 fully saturated rings. The SMILES string of the molecule is CCOCc1cccc(/C(N)=N\O)c1O. The maximum absolute atomic E-state index is 9.77. The van der Waals surface area contributed by atoms with Gasteiger partial charge < -0.3 is 20.8 Å². The lowest BCUT2D eigenvalue weighted by molar-refractivity contribution is 0.132. The third kappa shape index (κ3) is 2.60. The lowest BCUT2D eigenvalue weighted by atomic mass is 10.1. The van der Waals surface area contributed by atoms with Crippen LogP contribution in [0.3, 0.4) is 0 Å². The van der Waals surface area contributed by atoms with Crippen LogP contribution in [0.1, 0.15) is 18.1 Å². The van der Waals surface area contributed by atoms with E-state index < -0.39 is 0 Å². The van der Waals surface area contributed by atoms with E-state index in [0.717, 1.165) is 0 Å². The van der Waals surface area contributed by atoms with Gasteiger partial charge in [-0.2, -0.15) is 0 Å². The first-order valence-corrected chi connectivity index (χ1v) is 4.57. The van der Waals surface area contributed by atoms with E-state index in [1.54, 1.807) is 18.2 Å². The molecule has 0 unspecified atom stereocenters. The van der Waals surface area contributed by atoms with Crippen LogP contribution in [0.5, 0.6) is 5.75 Å².